The Kier molecular flexibility index (Phi) is 4.89. The number of hydrogen-bond acceptors (Lipinski definition) is 3. The molecule has 1 aliphatic rings. The second kappa shape index (κ2) is 6.13. The molecular formula is C14H21BrN2O2S. The zero-order valence-corrected chi connectivity index (χ0v) is 14.1. The zero-order valence-electron chi connectivity index (χ0n) is 11.7. The summed E-state index contributed by atoms with van der Waals surface area (Å²) in [6.45, 7) is 2.99. The number of hydrogen-bond donors (Lipinski definition) is 2. The van der Waals surface area contributed by atoms with Gasteiger partial charge in [-0.25, -0.2) is 13.1 Å². The van der Waals surface area contributed by atoms with Crippen LogP contribution in [0, 0.1) is 5.41 Å². The Labute approximate surface area is 129 Å². The summed E-state index contributed by atoms with van der Waals surface area (Å²) in [6, 6.07) is 5.18. The van der Waals surface area contributed by atoms with E-state index in [4.69, 9.17) is 5.73 Å². The second-order valence-corrected chi connectivity index (χ2v) is 8.13. The van der Waals surface area contributed by atoms with Gasteiger partial charge in [-0.1, -0.05) is 19.4 Å². The number of rotatable bonds is 7. The Morgan fingerprint density at radius 2 is 2.10 bits per heavy atom. The van der Waals surface area contributed by atoms with Gasteiger partial charge >= 0.3 is 0 Å². The van der Waals surface area contributed by atoms with E-state index < -0.39 is 10.0 Å². The summed E-state index contributed by atoms with van der Waals surface area (Å²) in [5.41, 5.74) is 6.58. The van der Waals surface area contributed by atoms with Crippen LogP contribution in [0.2, 0.25) is 0 Å². The van der Waals surface area contributed by atoms with Crippen LogP contribution in [0.25, 0.3) is 0 Å². The molecule has 0 spiro atoms. The average molecular weight is 361 g/mol. The molecule has 1 saturated carbocycles. The van der Waals surface area contributed by atoms with Crippen molar-refractivity contribution in [1.82, 2.24) is 4.72 Å². The third-order valence-corrected chi connectivity index (χ3v) is 6.29. The Hall–Kier alpha value is -0.430. The Balaban J connectivity index is 2.14. The molecule has 0 radical (unpaired) electrons. The van der Waals surface area contributed by atoms with E-state index in [0.29, 0.717) is 17.6 Å². The van der Waals surface area contributed by atoms with Crippen molar-refractivity contribution in [3.63, 3.8) is 0 Å². The molecule has 20 heavy (non-hydrogen) atoms. The highest BCUT2D eigenvalue weighted by Crippen LogP contribution is 2.49. The maximum Gasteiger partial charge on any atom is 0.241 e. The standard InChI is InChI=1S/C14H21BrN2O2S/c1-2-5-14(6-7-14)10-17-20(18,19)13-8-11(9-16)3-4-12(13)15/h3-4,8,17H,2,5-7,9-10,16H2,1H3. The van der Waals surface area contributed by atoms with Crippen molar-refractivity contribution in [1.29, 1.82) is 0 Å². The van der Waals surface area contributed by atoms with Gasteiger partial charge in [0.25, 0.3) is 0 Å². The normalized spacial score (nSPS) is 17.1. The summed E-state index contributed by atoms with van der Waals surface area (Å²) < 4.78 is 28.2. The molecule has 0 amide bonds. The van der Waals surface area contributed by atoms with Crippen molar-refractivity contribution in [2.45, 2.75) is 44.0 Å². The molecule has 0 bridgehead atoms. The van der Waals surface area contributed by atoms with E-state index >= 15 is 0 Å². The summed E-state index contributed by atoms with van der Waals surface area (Å²) in [5.74, 6) is 0. The molecule has 6 heteroatoms. The lowest BCUT2D eigenvalue weighted by atomic mass is 10.0. The quantitative estimate of drug-likeness (QED) is 0.784. The van der Waals surface area contributed by atoms with Crippen molar-refractivity contribution in [3.8, 4) is 0 Å². The fraction of sp³-hybridized carbons (Fsp3) is 0.571. The highest BCUT2D eigenvalue weighted by Gasteiger charge is 2.42. The summed E-state index contributed by atoms with van der Waals surface area (Å²) >= 11 is 3.30. The minimum Gasteiger partial charge on any atom is -0.326 e. The molecule has 0 atom stereocenters. The van der Waals surface area contributed by atoms with Crippen molar-refractivity contribution in [3.05, 3.63) is 28.2 Å². The minimum absolute atomic E-state index is 0.194. The average Bonchev–Trinajstić information content (AvgIpc) is 3.18. The molecule has 0 heterocycles. The predicted octanol–water partition coefficient (Wildman–Crippen LogP) is 2.77. The first-order chi connectivity index (χ1) is 9.42. The molecule has 0 aliphatic heterocycles. The van der Waals surface area contributed by atoms with Crippen molar-refractivity contribution >= 4 is 26.0 Å². The van der Waals surface area contributed by atoms with Crippen LogP contribution in [0.15, 0.2) is 27.6 Å². The third-order valence-electron chi connectivity index (χ3n) is 3.90. The molecule has 1 aromatic rings. The van der Waals surface area contributed by atoms with Crippen LogP contribution in [0.5, 0.6) is 0 Å². The minimum atomic E-state index is -3.49. The highest BCUT2D eigenvalue weighted by atomic mass is 79.9. The molecule has 2 rings (SSSR count). The van der Waals surface area contributed by atoms with Crippen LogP contribution in [0.1, 0.15) is 38.2 Å². The van der Waals surface area contributed by atoms with Crippen LogP contribution in [-0.2, 0) is 16.6 Å². The maximum atomic E-state index is 12.4. The first kappa shape index (κ1) is 15.9. The Bertz CT molecular complexity index is 583. The molecule has 3 N–H and O–H groups in total. The zero-order chi connectivity index (χ0) is 14.8. The molecule has 0 aromatic heterocycles. The fourth-order valence-corrected chi connectivity index (χ4v) is 4.60. The summed E-state index contributed by atoms with van der Waals surface area (Å²) in [7, 11) is -3.49. The molecule has 1 fully saturated rings. The van der Waals surface area contributed by atoms with Crippen LogP contribution in [0.3, 0.4) is 0 Å². The number of halogens is 1. The van der Waals surface area contributed by atoms with Gasteiger partial charge in [0.05, 0.1) is 4.90 Å². The fourth-order valence-electron chi connectivity index (χ4n) is 2.43. The smallest absolute Gasteiger partial charge is 0.241 e. The molecule has 4 nitrogen and oxygen atoms in total. The van der Waals surface area contributed by atoms with Crippen LogP contribution in [0.4, 0.5) is 0 Å². The predicted molar refractivity (Wildman–Crippen MR) is 83.8 cm³/mol. The summed E-state index contributed by atoms with van der Waals surface area (Å²) in [4.78, 5) is 0.271. The molecule has 1 aromatic carbocycles. The molecule has 1 aliphatic carbocycles. The van der Waals surface area contributed by atoms with E-state index in [-0.39, 0.29) is 10.3 Å². The van der Waals surface area contributed by atoms with Crippen LogP contribution < -0.4 is 10.5 Å². The topological polar surface area (TPSA) is 72.2 Å². The SMILES string of the molecule is CCCC1(CNS(=O)(=O)c2cc(CN)ccc2Br)CC1. The summed E-state index contributed by atoms with van der Waals surface area (Å²) in [6.07, 6.45) is 4.41. The van der Waals surface area contributed by atoms with Gasteiger partial charge in [-0.2, -0.15) is 0 Å². The molecule has 0 saturated heterocycles. The monoisotopic (exact) mass is 360 g/mol. The molecule has 112 valence electrons. The van der Waals surface area contributed by atoms with E-state index in [2.05, 4.69) is 27.6 Å². The van der Waals surface area contributed by atoms with Gasteiger partial charge in [0.2, 0.25) is 10.0 Å². The lowest BCUT2D eigenvalue weighted by molar-refractivity contribution is 0.449. The van der Waals surface area contributed by atoms with Gasteiger partial charge in [-0.15, -0.1) is 0 Å². The van der Waals surface area contributed by atoms with Crippen molar-refractivity contribution in [2.24, 2.45) is 11.1 Å². The largest absolute Gasteiger partial charge is 0.326 e. The third kappa shape index (κ3) is 3.61. The second-order valence-electron chi connectivity index (χ2n) is 5.54. The van der Waals surface area contributed by atoms with Gasteiger partial charge < -0.3 is 5.73 Å². The van der Waals surface area contributed by atoms with E-state index in [1.807, 2.05) is 6.07 Å². The molecular weight excluding hydrogens is 340 g/mol. The van der Waals surface area contributed by atoms with Crippen LogP contribution in [-0.4, -0.2) is 15.0 Å². The Morgan fingerprint density at radius 1 is 1.40 bits per heavy atom. The van der Waals surface area contributed by atoms with E-state index in [0.717, 1.165) is 31.2 Å². The number of sulfonamides is 1. The number of nitrogens with two attached hydrogens (primary N) is 1. The maximum absolute atomic E-state index is 12.4. The van der Waals surface area contributed by atoms with E-state index in [1.165, 1.54) is 0 Å². The summed E-state index contributed by atoms with van der Waals surface area (Å²) in [5, 5.41) is 0. The lowest BCUT2D eigenvalue weighted by Gasteiger charge is -2.16. The van der Waals surface area contributed by atoms with Crippen LogP contribution >= 0.6 is 15.9 Å². The number of nitrogens with one attached hydrogen (secondary N) is 1. The number of benzene rings is 1. The van der Waals surface area contributed by atoms with Gasteiger partial charge in [0, 0.05) is 17.6 Å². The van der Waals surface area contributed by atoms with Gasteiger partial charge in [0.15, 0.2) is 0 Å². The first-order valence-corrected chi connectivity index (χ1v) is 9.18. The van der Waals surface area contributed by atoms with E-state index in [1.54, 1.807) is 12.1 Å². The molecule has 0 unspecified atom stereocenters. The van der Waals surface area contributed by atoms with Crippen molar-refractivity contribution < 1.29 is 8.42 Å². The van der Waals surface area contributed by atoms with Gasteiger partial charge in [-0.05, 0) is 58.3 Å². The van der Waals surface area contributed by atoms with E-state index in [9.17, 15) is 8.42 Å². The highest BCUT2D eigenvalue weighted by molar-refractivity contribution is 9.10. The lowest BCUT2D eigenvalue weighted by Crippen LogP contribution is -2.30. The van der Waals surface area contributed by atoms with Gasteiger partial charge in [-0.3, -0.25) is 0 Å². The van der Waals surface area contributed by atoms with Gasteiger partial charge in [0.1, 0.15) is 0 Å². The Morgan fingerprint density at radius 3 is 2.65 bits per heavy atom. The van der Waals surface area contributed by atoms with Crippen molar-refractivity contribution in [2.75, 3.05) is 6.54 Å². The first-order valence-electron chi connectivity index (χ1n) is 6.91.